The molecular weight excluding hydrogens is 485 g/mol. The number of carbonyl (C=O) groups excluding carboxylic acids is 2. The van der Waals surface area contributed by atoms with Gasteiger partial charge < -0.3 is 29.2 Å². The van der Waals surface area contributed by atoms with Crippen molar-refractivity contribution >= 4 is 17.8 Å². The molecule has 0 unspecified atom stereocenters. The number of Topliss-reactive ketones (excluding diaryl/α,β-unsaturated/α-hetero) is 1. The van der Waals surface area contributed by atoms with Crippen LogP contribution < -0.4 is 0 Å². The van der Waals surface area contributed by atoms with Crippen molar-refractivity contribution in [2.45, 2.75) is 103 Å². The summed E-state index contributed by atoms with van der Waals surface area (Å²) in [5.41, 5.74) is -1.92. The Labute approximate surface area is 217 Å². The maximum atomic E-state index is 15.3. The zero-order valence-electron chi connectivity index (χ0n) is 22.1. The summed E-state index contributed by atoms with van der Waals surface area (Å²) in [7, 11) is 0. The highest BCUT2D eigenvalue weighted by Gasteiger charge is 2.56. The van der Waals surface area contributed by atoms with Gasteiger partial charge in [0.25, 0.3) is 0 Å². The normalized spacial score (nSPS) is 34.1. The Morgan fingerprint density at radius 2 is 2.00 bits per heavy atom. The van der Waals surface area contributed by atoms with Crippen LogP contribution >= 0.6 is 0 Å². The number of ether oxygens (including phenoxy) is 2. The van der Waals surface area contributed by atoms with E-state index in [1.54, 1.807) is 13.8 Å². The summed E-state index contributed by atoms with van der Waals surface area (Å²) in [4.78, 5) is 30.1. The van der Waals surface area contributed by atoms with Gasteiger partial charge in [0.2, 0.25) is 5.89 Å². The van der Waals surface area contributed by atoms with Crippen LogP contribution in [0.4, 0.5) is 4.39 Å². The Kier molecular flexibility index (Phi) is 9.66. The van der Waals surface area contributed by atoms with Crippen molar-refractivity contribution in [3.05, 3.63) is 23.7 Å². The van der Waals surface area contributed by atoms with E-state index in [2.05, 4.69) is 11.9 Å². The molecule has 0 saturated carbocycles. The number of aliphatic hydroxyl groups excluding tert-OH is 3. The molecule has 0 spiro atoms. The molecule has 1 aromatic rings. The van der Waals surface area contributed by atoms with Gasteiger partial charge in [-0.3, -0.25) is 9.59 Å². The first-order valence-corrected chi connectivity index (χ1v) is 13.1. The average molecular weight is 526 g/mol. The number of halogens is 1. The zero-order chi connectivity index (χ0) is 27.4. The lowest BCUT2D eigenvalue weighted by Gasteiger charge is -2.33. The smallest absolute Gasteiger partial charge is 0.309 e. The predicted molar refractivity (Wildman–Crippen MR) is 132 cm³/mol. The molecule has 2 saturated heterocycles. The van der Waals surface area contributed by atoms with E-state index in [-0.39, 0.29) is 42.2 Å². The molecule has 0 amide bonds. The van der Waals surface area contributed by atoms with Crippen molar-refractivity contribution in [3.63, 3.8) is 0 Å². The number of hydrogen-bond donors (Lipinski definition) is 3. The minimum Gasteiger partial charge on any atom is -0.455 e. The van der Waals surface area contributed by atoms with Crippen LogP contribution in [0.2, 0.25) is 0 Å². The molecule has 3 rings (SSSR count). The molecule has 2 aliphatic rings. The number of nitrogens with zero attached hydrogens (tertiary/aromatic N) is 1. The predicted octanol–water partition coefficient (Wildman–Crippen LogP) is 3.49. The second kappa shape index (κ2) is 12.1. The van der Waals surface area contributed by atoms with Crippen LogP contribution in [0, 0.1) is 17.3 Å². The molecule has 0 radical (unpaired) electrons. The van der Waals surface area contributed by atoms with Gasteiger partial charge in [-0.05, 0) is 25.2 Å². The van der Waals surface area contributed by atoms with Crippen LogP contribution in [0.25, 0.3) is 6.08 Å². The SMILES string of the molecule is CC[C@@H]1C[C@@H](C)CCC[C@]2(CO)O[C@H]2C[C@@H](C(F)=Cc2coc(CO)n2)OC(=O)C[C@H](O)C(C)(C)C1=O. The van der Waals surface area contributed by atoms with Crippen LogP contribution in [0.5, 0.6) is 0 Å². The fourth-order valence-electron chi connectivity index (χ4n) is 5.18. The van der Waals surface area contributed by atoms with Crippen molar-refractivity contribution in [3.8, 4) is 0 Å². The molecule has 2 aliphatic heterocycles. The highest BCUT2D eigenvalue weighted by atomic mass is 19.1. The molecule has 0 aliphatic carbocycles. The third-order valence-electron chi connectivity index (χ3n) is 7.85. The van der Waals surface area contributed by atoms with Gasteiger partial charge in [0.05, 0.1) is 30.7 Å². The molecule has 3 N–H and O–H groups in total. The van der Waals surface area contributed by atoms with Crippen LogP contribution in [0.1, 0.15) is 84.2 Å². The number of aromatic nitrogens is 1. The van der Waals surface area contributed by atoms with Gasteiger partial charge in [0.1, 0.15) is 35.8 Å². The summed E-state index contributed by atoms with van der Waals surface area (Å²) in [6.07, 6.45) is 1.92. The molecular formula is C27H40FNO8. The first-order chi connectivity index (χ1) is 17.4. The summed E-state index contributed by atoms with van der Waals surface area (Å²) >= 11 is 0. The quantitative estimate of drug-likeness (QED) is 0.389. The molecule has 3 heterocycles. The Bertz CT molecular complexity index is 975. The summed E-state index contributed by atoms with van der Waals surface area (Å²) in [6, 6.07) is 0. The Morgan fingerprint density at radius 3 is 2.62 bits per heavy atom. The van der Waals surface area contributed by atoms with E-state index in [9.17, 15) is 19.8 Å². The first-order valence-electron chi connectivity index (χ1n) is 13.1. The minimum atomic E-state index is -1.36. The summed E-state index contributed by atoms with van der Waals surface area (Å²) in [5.74, 6) is -1.80. The van der Waals surface area contributed by atoms with Gasteiger partial charge in [-0.1, -0.05) is 40.5 Å². The number of ketones is 1. The number of epoxide rings is 1. The van der Waals surface area contributed by atoms with E-state index in [1.165, 1.54) is 0 Å². The second-order valence-corrected chi connectivity index (χ2v) is 11.0. The standard InChI is InChI=1S/C27H40FNO8/c1-5-17-9-16(2)7-6-8-27(15-31)22(37-27)11-20(19(28)10-18-14-35-23(13-30)29-18)36-24(33)12-21(32)26(3,4)25(17)34/h10,14,16-17,20-22,30-32H,5-9,11-13,15H2,1-4H3/t16-,17+,20-,21-,22-,27+/m0/s1. The Morgan fingerprint density at radius 1 is 1.27 bits per heavy atom. The molecule has 6 atom stereocenters. The van der Waals surface area contributed by atoms with E-state index < -0.39 is 54.2 Å². The van der Waals surface area contributed by atoms with E-state index in [4.69, 9.17) is 19.0 Å². The van der Waals surface area contributed by atoms with Crippen molar-refractivity contribution in [1.29, 1.82) is 0 Å². The monoisotopic (exact) mass is 525 g/mol. The number of rotatable bonds is 5. The molecule has 208 valence electrons. The molecule has 37 heavy (non-hydrogen) atoms. The molecule has 10 heteroatoms. The van der Waals surface area contributed by atoms with Gasteiger partial charge in [-0.2, -0.15) is 0 Å². The number of oxazole rings is 1. The molecule has 0 bridgehead atoms. The lowest BCUT2D eigenvalue weighted by atomic mass is 9.72. The number of aliphatic hydroxyl groups is 3. The summed E-state index contributed by atoms with van der Waals surface area (Å²) in [6.45, 7) is 6.57. The average Bonchev–Trinajstić information content (AvgIpc) is 3.34. The fraction of sp³-hybridized carbons (Fsp3) is 0.741. The van der Waals surface area contributed by atoms with Crippen LogP contribution in [0.15, 0.2) is 16.5 Å². The fourth-order valence-corrected chi connectivity index (χ4v) is 5.18. The number of hydrogen-bond acceptors (Lipinski definition) is 9. The van der Waals surface area contributed by atoms with Crippen molar-refractivity contribution < 1.29 is 43.2 Å². The van der Waals surface area contributed by atoms with Gasteiger partial charge in [-0.25, -0.2) is 9.37 Å². The maximum Gasteiger partial charge on any atom is 0.309 e. The summed E-state index contributed by atoms with van der Waals surface area (Å²) in [5, 5.41) is 30.0. The lowest BCUT2D eigenvalue weighted by molar-refractivity contribution is -0.154. The minimum absolute atomic E-state index is 0.00786. The van der Waals surface area contributed by atoms with Crippen molar-refractivity contribution in [2.24, 2.45) is 17.3 Å². The third kappa shape index (κ3) is 7.04. The number of cyclic esters (lactones) is 1. The summed E-state index contributed by atoms with van der Waals surface area (Å²) < 4.78 is 31.6. The van der Waals surface area contributed by atoms with E-state index >= 15 is 4.39 Å². The second-order valence-electron chi connectivity index (χ2n) is 11.0. The number of esters is 1. The molecule has 1 aromatic heterocycles. The van der Waals surface area contributed by atoms with Crippen LogP contribution in [-0.2, 0) is 25.7 Å². The van der Waals surface area contributed by atoms with Crippen molar-refractivity contribution in [1.82, 2.24) is 4.98 Å². The lowest BCUT2D eigenvalue weighted by Crippen LogP contribution is -2.43. The van der Waals surface area contributed by atoms with Crippen molar-refractivity contribution in [2.75, 3.05) is 6.61 Å². The highest BCUT2D eigenvalue weighted by Crippen LogP contribution is 2.45. The topological polar surface area (TPSA) is 143 Å². The molecule has 9 nitrogen and oxygen atoms in total. The van der Waals surface area contributed by atoms with Gasteiger partial charge in [-0.15, -0.1) is 0 Å². The zero-order valence-corrected chi connectivity index (χ0v) is 22.1. The third-order valence-corrected chi connectivity index (χ3v) is 7.85. The Hall–Kier alpha value is -2.14. The van der Waals surface area contributed by atoms with Gasteiger partial charge in [0, 0.05) is 18.4 Å². The number of fused-ring (bicyclic) bond motifs is 1. The van der Waals surface area contributed by atoms with Crippen LogP contribution in [-0.4, -0.2) is 62.6 Å². The van der Waals surface area contributed by atoms with Gasteiger partial charge >= 0.3 is 5.97 Å². The Balaban J connectivity index is 1.87. The number of carbonyl (C=O) groups is 2. The maximum absolute atomic E-state index is 15.3. The van der Waals surface area contributed by atoms with Gasteiger partial charge in [0.15, 0.2) is 6.10 Å². The largest absolute Gasteiger partial charge is 0.455 e. The highest BCUT2D eigenvalue weighted by molar-refractivity contribution is 5.87. The van der Waals surface area contributed by atoms with Crippen LogP contribution in [0.3, 0.4) is 0 Å². The first kappa shape index (κ1) is 29.4. The van der Waals surface area contributed by atoms with E-state index in [1.807, 2.05) is 6.92 Å². The van der Waals surface area contributed by atoms with E-state index in [0.29, 0.717) is 19.3 Å². The molecule has 2 fully saturated rings. The van der Waals surface area contributed by atoms with E-state index in [0.717, 1.165) is 25.2 Å². The molecule has 0 aromatic carbocycles.